The Bertz CT molecular complexity index is 881. The Kier molecular flexibility index (Phi) is 5.20. The highest BCUT2D eigenvalue weighted by Gasteiger charge is 2.33. The Balaban J connectivity index is 1.63. The van der Waals surface area contributed by atoms with Crippen LogP contribution in [0.2, 0.25) is 0 Å². The Hall–Kier alpha value is -2.58. The third-order valence-corrected chi connectivity index (χ3v) is 5.24. The molecule has 0 amide bonds. The number of para-hydroxylation sites is 2. The lowest BCUT2D eigenvalue weighted by atomic mass is 9.96. The fraction of sp³-hybridized carbons (Fsp3) is 0.250. The van der Waals surface area contributed by atoms with E-state index in [-0.39, 0.29) is 5.12 Å². The van der Waals surface area contributed by atoms with Crippen LogP contribution in [-0.2, 0) is 16.6 Å². The second-order valence-corrected chi connectivity index (χ2v) is 7.11. The molecule has 1 heterocycles. The number of thioether (sulfide) groups is 1. The summed E-state index contributed by atoms with van der Waals surface area (Å²) >= 11 is 1.17. The van der Waals surface area contributed by atoms with Gasteiger partial charge < -0.3 is 4.42 Å². The summed E-state index contributed by atoms with van der Waals surface area (Å²) < 4.78 is 5.73. The summed E-state index contributed by atoms with van der Waals surface area (Å²) in [5.41, 5.74) is 1.57. The van der Waals surface area contributed by atoms with E-state index in [0.29, 0.717) is 30.1 Å². The first-order chi connectivity index (χ1) is 12.1. The van der Waals surface area contributed by atoms with Gasteiger partial charge in [-0.2, -0.15) is 5.26 Å². The highest BCUT2D eigenvalue weighted by atomic mass is 32.2. The summed E-state index contributed by atoms with van der Waals surface area (Å²) in [4.78, 5) is 16.6. The molecular formula is C20H18N2O2S. The first kappa shape index (κ1) is 17.2. The lowest BCUT2D eigenvalue weighted by Crippen LogP contribution is -2.24. The molecule has 0 spiro atoms. The van der Waals surface area contributed by atoms with Gasteiger partial charge in [-0.05, 0) is 31.0 Å². The van der Waals surface area contributed by atoms with Gasteiger partial charge in [0, 0.05) is 12.2 Å². The molecule has 0 aliphatic heterocycles. The molecule has 3 aromatic rings. The van der Waals surface area contributed by atoms with Crippen LogP contribution < -0.4 is 0 Å². The number of aromatic nitrogens is 1. The van der Waals surface area contributed by atoms with Gasteiger partial charge in [0.05, 0.1) is 6.07 Å². The zero-order valence-corrected chi connectivity index (χ0v) is 14.8. The topological polar surface area (TPSA) is 66.9 Å². The van der Waals surface area contributed by atoms with Crippen molar-refractivity contribution in [2.24, 2.45) is 0 Å². The molecule has 5 heteroatoms. The fourth-order valence-corrected chi connectivity index (χ4v) is 3.32. The van der Waals surface area contributed by atoms with E-state index in [1.807, 2.05) is 54.6 Å². The number of nitriles is 1. The molecule has 126 valence electrons. The molecule has 0 aliphatic rings. The van der Waals surface area contributed by atoms with Gasteiger partial charge in [0.25, 0.3) is 0 Å². The van der Waals surface area contributed by atoms with Crippen LogP contribution in [0.5, 0.6) is 0 Å². The molecule has 0 N–H and O–H groups in total. The molecular weight excluding hydrogens is 332 g/mol. The number of oxazole rings is 1. The van der Waals surface area contributed by atoms with E-state index >= 15 is 0 Å². The predicted octanol–water partition coefficient (Wildman–Crippen LogP) is 4.50. The molecule has 0 saturated heterocycles. The molecule has 1 atom stereocenters. The maximum atomic E-state index is 12.2. The maximum absolute atomic E-state index is 12.2. The third-order valence-electron chi connectivity index (χ3n) is 4.00. The second kappa shape index (κ2) is 7.54. The number of nitrogens with zero attached hydrogens (tertiary/aromatic N) is 2. The zero-order chi connectivity index (χ0) is 17.7. The van der Waals surface area contributed by atoms with Crippen LogP contribution in [0.1, 0.15) is 24.8 Å². The van der Waals surface area contributed by atoms with E-state index in [1.165, 1.54) is 11.8 Å². The van der Waals surface area contributed by atoms with Crippen LogP contribution in [-0.4, -0.2) is 15.9 Å². The SMILES string of the molecule is CC(C#N)(CSC(=O)CCc1ccccc1)c1nc2ccccc2o1. The third kappa shape index (κ3) is 4.09. The van der Waals surface area contributed by atoms with Crippen molar-refractivity contribution in [3.8, 4) is 6.07 Å². The largest absolute Gasteiger partial charge is 0.439 e. The van der Waals surface area contributed by atoms with Crippen LogP contribution in [0, 0.1) is 11.3 Å². The van der Waals surface area contributed by atoms with Gasteiger partial charge in [0.1, 0.15) is 10.9 Å². The highest BCUT2D eigenvalue weighted by molar-refractivity contribution is 8.13. The predicted molar refractivity (Wildman–Crippen MR) is 99.2 cm³/mol. The first-order valence-corrected chi connectivity index (χ1v) is 9.06. The number of hydrogen-bond acceptors (Lipinski definition) is 5. The van der Waals surface area contributed by atoms with Crippen molar-refractivity contribution in [2.75, 3.05) is 5.75 Å². The average Bonchev–Trinajstić information content (AvgIpc) is 3.10. The molecule has 2 aromatic carbocycles. The van der Waals surface area contributed by atoms with E-state index in [1.54, 1.807) is 6.92 Å². The highest BCUT2D eigenvalue weighted by Crippen LogP contribution is 2.30. The average molecular weight is 350 g/mol. The summed E-state index contributed by atoms with van der Waals surface area (Å²) in [6, 6.07) is 19.6. The number of carbonyl (C=O) groups excluding carboxylic acids is 1. The van der Waals surface area contributed by atoms with E-state index in [4.69, 9.17) is 4.42 Å². The molecule has 0 saturated carbocycles. The normalized spacial score (nSPS) is 13.3. The second-order valence-electron chi connectivity index (χ2n) is 6.08. The van der Waals surface area contributed by atoms with Crippen molar-refractivity contribution in [3.05, 3.63) is 66.1 Å². The van der Waals surface area contributed by atoms with E-state index in [0.717, 1.165) is 11.1 Å². The monoisotopic (exact) mass is 350 g/mol. The molecule has 1 aromatic heterocycles. The van der Waals surface area contributed by atoms with Crippen molar-refractivity contribution in [1.82, 2.24) is 4.98 Å². The van der Waals surface area contributed by atoms with Crippen molar-refractivity contribution in [3.63, 3.8) is 0 Å². The Labute approximate surface area is 150 Å². The van der Waals surface area contributed by atoms with E-state index < -0.39 is 5.41 Å². The summed E-state index contributed by atoms with van der Waals surface area (Å²) in [7, 11) is 0. The summed E-state index contributed by atoms with van der Waals surface area (Å²) in [6.07, 6.45) is 1.16. The van der Waals surface area contributed by atoms with Gasteiger partial charge in [0.2, 0.25) is 5.89 Å². The minimum atomic E-state index is -0.938. The van der Waals surface area contributed by atoms with Crippen molar-refractivity contribution < 1.29 is 9.21 Å². The molecule has 3 rings (SSSR count). The number of hydrogen-bond donors (Lipinski definition) is 0. The van der Waals surface area contributed by atoms with Crippen LogP contribution >= 0.6 is 11.8 Å². The van der Waals surface area contributed by atoms with Crippen molar-refractivity contribution in [1.29, 1.82) is 5.26 Å². The quantitative estimate of drug-likeness (QED) is 0.655. The van der Waals surface area contributed by atoms with Gasteiger partial charge in [-0.15, -0.1) is 0 Å². The summed E-state index contributed by atoms with van der Waals surface area (Å²) in [5.74, 6) is 0.684. The summed E-state index contributed by atoms with van der Waals surface area (Å²) in [5, 5.41) is 9.68. The minimum Gasteiger partial charge on any atom is -0.439 e. The summed E-state index contributed by atoms with van der Waals surface area (Å²) in [6.45, 7) is 1.76. The molecule has 0 aliphatic carbocycles. The fourth-order valence-electron chi connectivity index (χ4n) is 2.44. The van der Waals surface area contributed by atoms with Crippen molar-refractivity contribution in [2.45, 2.75) is 25.2 Å². The molecule has 0 bridgehead atoms. The number of carbonyl (C=O) groups is 1. The number of rotatable bonds is 6. The molecule has 0 radical (unpaired) electrons. The van der Waals surface area contributed by atoms with Gasteiger partial charge >= 0.3 is 0 Å². The molecule has 1 unspecified atom stereocenters. The lowest BCUT2D eigenvalue weighted by molar-refractivity contribution is -0.110. The van der Waals surface area contributed by atoms with Crippen LogP contribution in [0.4, 0.5) is 0 Å². The number of benzene rings is 2. The lowest BCUT2D eigenvalue weighted by Gasteiger charge is -2.16. The number of aryl methyl sites for hydroxylation is 1. The maximum Gasteiger partial charge on any atom is 0.216 e. The Morgan fingerprint density at radius 1 is 1.20 bits per heavy atom. The van der Waals surface area contributed by atoms with Gasteiger partial charge in [-0.25, -0.2) is 4.98 Å². The molecule has 0 fully saturated rings. The molecule has 25 heavy (non-hydrogen) atoms. The Morgan fingerprint density at radius 3 is 2.64 bits per heavy atom. The Morgan fingerprint density at radius 2 is 1.92 bits per heavy atom. The molecule has 4 nitrogen and oxygen atoms in total. The van der Waals surface area contributed by atoms with Gasteiger partial charge in [-0.1, -0.05) is 54.2 Å². The zero-order valence-electron chi connectivity index (χ0n) is 13.9. The van der Waals surface area contributed by atoms with Crippen LogP contribution in [0.25, 0.3) is 11.1 Å². The smallest absolute Gasteiger partial charge is 0.216 e. The van der Waals surface area contributed by atoms with Gasteiger partial charge in [0.15, 0.2) is 10.7 Å². The van der Waals surface area contributed by atoms with Crippen LogP contribution in [0.15, 0.2) is 59.0 Å². The van der Waals surface area contributed by atoms with Gasteiger partial charge in [-0.3, -0.25) is 4.79 Å². The van der Waals surface area contributed by atoms with Crippen molar-refractivity contribution >= 4 is 28.0 Å². The first-order valence-electron chi connectivity index (χ1n) is 8.07. The number of fused-ring (bicyclic) bond motifs is 1. The standard InChI is InChI=1S/C20H18N2O2S/c1-20(13-21,19-22-16-9-5-6-10-17(16)24-19)14-25-18(23)12-11-15-7-3-2-4-8-15/h2-10H,11-12,14H2,1H3. The van der Waals surface area contributed by atoms with E-state index in [2.05, 4.69) is 11.1 Å². The minimum absolute atomic E-state index is 0.0708. The van der Waals surface area contributed by atoms with Crippen LogP contribution in [0.3, 0.4) is 0 Å². The van der Waals surface area contributed by atoms with E-state index in [9.17, 15) is 10.1 Å².